The third kappa shape index (κ3) is 5.55. The molecule has 2 aromatic carbocycles. The second-order valence-electron chi connectivity index (χ2n) is 10.6. The molecule has 3 N–H and O–H groups in total. The molecule has 8 nitrogen and oxygen atoms in total. The number of rotatable bonds is 7. The first-order valence-corrected chi connectivity index (χ1v) is 12.2. The van der Waals surface area contributed by atoms with Crippen LogP contribution in [0.25, 0.3) is 22.2 Å². The Kier molecular flexibility index (Phi) is 6.96. The number of carbonyl (C=O) groups is 2. The minimum atomic E-state index is -0.520. The molecular weight excluding hydrogens is 442 g/mol. The molecule has 2 heterocycles. The van der Waals surface area contributed by atoms with Gasteiger partial charge < -0.3 is 10.6 Å². The van der Waals surface area contributed by atoms with E-state index in [0.29, 0.717) is 37.8 Å². The first kappa shape index (κ1) is 24.9. The van der Waals surface area contributed by atoms with Gasteiger partial charge in [-0.3, -0.25) is 14.7 Å². The number of nitrogens with one attached hydrogen (secondary N) is 3. The van der Waals surface area contributed by atoms with Crippen LogP contribution in [0.1, 0.15) is 63.7 Å². The fourth-order valence-corrected chi connectivity index (χ4v) is 5.18. The molecule has 1 saturated heterocycles. The zero-order valence-corrected chi connectivity index (χ0v) is 20.9. The molecule has 1 aromatic heterocycles. The molecule has 4 rings (SSSR count). The maximum absolute atomic E-state index is 12.5. The van der Waals surface area contributed by atoms with Gasteiger partial charge in [-0.15, -0.1) is 10.3 Å². The van der Waals surface area contributed by atoms with Crippen LogP contribution in [-0.2, 0) is 10.0 Å². The van der Waals surface area contributed by atoms with Crippen LogP contribution in [0, 0.1) is 0 Å². The minimum absolute atomic E-state index is 0.0301. The molecule has 3 aromatic rings. The van der Waals surface area contributed by atoms with E-state index in [9.17, 15) is 14.8 Å². The average molecular weight is 477 g/mol. The zero-order chi connectivity index (χ0) is 25.2. The first-order valence-electron chi connectivity index (χ1n) is 12.2. The summed E-state index contributed by atoms with van der Waals surface area (Å²) in [7, 11) is 0. The van der Waals surface area contributed by atoms with Crippen molar-refractivity contribution in [3.05, 3.63) is 54.1 Å². The summed E-state index contributed by atoms with van der Waals surface area (Å²) in [5.74, 6) is -0.221. The molecule has 0 atom stereocenters. The highest BCUT2D eigenvalue weighted by molar-refractivity contribution is 5.96. The summed E-state index contributed by atoms with van der Waals surface area (Å²) in [6.45, 7) is 8.07. The van der Waals surface area contributed by atoms with Crippen molar-refractivity contribution >= 4 is 22.7 Å². The molecular formula is C27H34N5O3. The van der Waals surface area contributed by atoms with Crippen LogP contribution in [0.2, 0.25) is 0 Å². The second-order valence-corrected chi connectivity index (χ2v) is 10.6. The van der Waals surface area contributed by atoms with Gasteiger partial charge in [-0.2, -0.15) is 5.10 Å². The molecule has 0 spiro atoms. The number of aromatic amines is 1. The third-order valence-electron chi connectivity index (χ3n) is 6.71. The fourth-order valence-electron chi connectivity index (χ4n) is 5.18. The van der Waals surface area contributed by atoms with Crippen LogP contribution in [-0.4, -0.2) is 50.7 Å². The van der Waals surface area contributed by atoms with Gasteiger partial charge in [0.05, 0.1) is 11.2 Å². The van der Waals surface area contributed by atoms with E-state index in [1.807, 2.05) is 64.1 Å². The number of H-pyrrole nitrogens is 1. The van der Waals surface area contributed by atoms with Crippen LogP contribution in [0.15, 0.2) is 48.5 Å². The van der Waals surface area contributed by atoms with Crippen LogP contribution < -0.4 is 10.6 Å². The molecule has 0 unspecified atom stereocenters. The Morgan fingerprint density at radius 3 is 2.37 bits per heavy atom. The van der Waals surface area contributed by atoms with Gasteiger partial charge in [0.15, 0.2) is 0 Å². The number of benzene rings is 2. The van der Waals surface area contributed by atoms with Gasteiger partial charge in [-0.1, -0.05) is 30.3 Å². The average Bonchev–Trinajstić information content (AvgIpc) is 3.24. The van der Waals surface area contributed by atoms with Crippen molar-refractivity contribution in [3.63, 3.8) is 0 Å². The maximum atomic E-state index is 12.5. The standard InChI is InChI=1S/C27H34N5O3/c1-26(2)16-20(17-27(3,4)32(26)35)29-23(33)10-7-15-28-25(34)19-13-11-18(12-14-19)24-21-8-5-6-9-22(21)30-31-24/h5-6,8-9,11-14,20H,7,10,15-17H2,1-4H3,(H,28,34)(H,29,33)(H,30,31). The monoisotopic (exact) mass is 476 g/mol. The molecule has 185 valence electrons. The van der Waals surface area contributed by atoms with Crippen LogP contribution in [0.4, 0.5) is 0 Å². The lowest BCUT2D eigenvalue weighted by atomic mass is 9.79. The van der Waals surface area contributed by atoms with E-state index in [1.165, 1.54) is 0 Å². The Morgan fingerprint density at radius 1 is 1.03 bits per heavy atom. The predicted octanol–water partition coefficient (Wildman–Crippen LogP) is 4.22. The molecule has 1 fully saturated rings. The maximum Gasteiger partial charge on any atom is 0.251 e. The molecule has 8 heteroatoms. The van der Waals surface area contributed by atoms with Crippen molar-refractivity contribution in [1.82, 2.24) is 25.9 Å². The number of aromatic nitrogens is 2. The summed E-state index contributed by atoms with van der Waals surface area (Å²) < 4.78 is 0. The molecule has 1 aliphatic heterocycles. The minimum Gasteiger partial charge on any atom is -0.353 e. The van der Waals surface area contributed by atoms with Crippen molar-refractivity contribution in [3.8, 4) is 11.3 Å². The summed E-state index contributed by atoms with van der Waals surface area (Å²) in [6, 6.07) is 15.2. The van der Waals surface area contributed by atoms with E-state index in [4.69, 9.17) is 0 Å². The Morgan fingerprint density at radius 2 is 1.69 bits per heavy atom. The van der Waals surface area contributed by atoms with Gasteiger partial charge in [-0.05, 0) is 65.2 Å². The number of para-hydroxylation sites is 1. The van der Waals surface area contributed by atoms with Crippen molar-refractivity contribution < 1.29 is 14.8 Å². The summed E-state index contributed by atoms with van der Waals surface area (Å²) >= 11 is 0. The van der Waals surface area contributed by atoms with Gasteiger partial charge in [0.2, 0.25) is 5.91 Å². The lowest BCUT2D eigenvalue weighted by Gasteiger charge is -2.50. The number of hydroxylamine groups is 2. The van der Waals surface area contributed by atoms with Crippen LogP contribution >= 0.6 is 0 Å². The summed E-state index contributed by atoms with van der Waals surface area (Å²) in [5.41, 5.74) is 2.28. The Hall–Kier alpha value is -3.23. The highest BCUT2D eigenvalue weighted by atomic mass is 16.5. The van der Waals surface area contributed by atoms with Crippen LogP contribution in [0.5, 0.6) is 0 Å². The molecule has 35 heavy (non-hydrogen) atoms. The highest BCUT2D eigenvalue weighted by Gasteiger charge is 2.46. The molecule has 0 saturated carbocycles. The van der Waals surface area contributed by atoms with E-state index in [-0.39, 0.29) is 17.9 Å². The smallest absolute Gasteiger partial charge is 0.251 e. The topological polar surface area (TPSA) is 110 Å². The predicted molar refractivity (Wildman–Crippen MR) is 135 cm³/mol. The zero-order valence-electron chi connectivity index (χ0n) is 20.9. The van der Waals surface area contributed by atoms with E-state index in [1.54, 1.807) is 12.1 Å². The number of nitrogens with zero attached hydrogens (tertiary/aromatic N) is 2. The van der Waals surface area contributed by atoms with Crippen molar-refractivity contribution in [2.45, 2.75) is 70.5 Å². The van der Waals surface area contributed by atoms with E-state index < -0.39 is 11.1 Å². The molecule has 1 aliphatic rings. The van der Waals surface area contributed by atoms with E-state index in [0.717, 1.165) is 27.2 Å². The highest BCUT2D eigenvalue weighted by Crippen LogP contribution is 2.37. The summed E-state index contributed by atoms with van der Waals surface area (Å²) in [5, 5.41) is 28.1. The number of fused-ring (bicyclic) bond motifs is 1. The van der Waals surface area contributed by atoms with Crippen LogP contribution in [0.3, 0.4) is 0 Å². The van der Waals surface area contributed by atoms with Crippen molar-refractivity contribution in [1.29, 1.82) is 0 Å². The second kappa shape index (κ2) is 9.79. The quantitative estimate of drug-likeness (QED) is 0.443. The third-order valence-corrected chi connectivity index (χ3v) is 6.71. The molecule has 2 amide bonds. The first-order chi connectivity index (χ1) is 16.6. The van der Waals surface area contributed by atoms with Gasteiger partial charge in [0.1, 0.15) is 0 Å². The van der Waals surface area contributed by atoms with E-state index in [2.05, 4.69) is 20.8 Å². The molecule has 0 bridgehead atoms. The summed E-state index contributed by atoms with van der Waals surface area (Å²) in [6.07, 6.45) is 2.10. The van der Waals surface area contributed by atoms with Gasteiger partial charge >= 0.3 is 0 Å². The Bertz CT molecular complexity index is 1180. The van der Waals surface area contributed by atoms with Gasteiger partial charge in [-0.25, -0.2) is 0 Å². The number of hydrogen-bond acceptors (Lipinski definition) is 4. The van der Waals surface area contributed by atoms with E-state index >= 15 is 0 Å². The normalized spacial score (nSPS) is 17.9. The SMILES string of the molecule is CC1(C)CC(NC(=O)CCCNC(=O)c2ccc(-c3n[nH]c4ccccc34)cc2)CC(C)(C)N1[O]. The van der Waals surface area contributed by atoms with Crippen molar-refractivity contribution in [2.24, 2.45) is 0 Å². The van der Waals surface area contributed by atoms with Gasteiger partial charge in [0, 0.05) is 46.6 Å². The van der Waals surface area contributed by atoms with Gasteiger partial charge in [0.25, 0.3) is 5.91 Å². The number of piperidine rings is 1. The summed E-state index contributed by atoms with van der Waals surface area (Å²) in [4.78, 5) is 25.0. The molecule has 0 aliphatic carbocycles. The number of carbonyl (C=O) groups excluding carboxylic acids is 2. The Balaban J connectivity index is 1.23. The number of hydrogen-bond donors (Lipinski definition) is 3. The number of amides is 2. The lowest BCUT2D eigenvalue weighted by Crippen LogP contribution is -2.62. The largest absolute Gasteiger partial charge is 0.353 e. The molecule has 1 radical (unpaired) electrons. The fraction of sp³-hybridized carbons (Fsp3) is 0.444. The Labute approximate surface area is 206 Å². The van der Waals surface area contributed by atoms with Crippen molar-refractivity contribution in [2.75, 3.05) is 6.54 Å². The lowest BCUT2D eigenvalue weighted by molar-refractivity contribution is -0.290.